The average Bonchev–Trinajstić information content (AvgIpc) is 2.25. The summed E-state index contributed by atoms with van der Waals surface area (Å²) in [5.41, 5.74) is 6.94. The average molecular weight is 207 g/mol. The Hall–Kier alpha value is -0.860. The summed E-state index contributed by atoms with van der Waals surface area (Å²) >= 11 is 0. The highest BCUT2D eigenvalue weighted by atomic mass is 16.5. The Morgan fingerprint density at radius 2 is 1.87 bits per heavy atom. The van der Waals surface area contributed by atoms with Gasteiger partial charge in [0.15, 0.2) is 0 Å². The molecule has 0 spiro atoms. The largest absolute Gasteiger partial charge is 0.376 e. The van der Waals surface area contributed by atoms with E-state index in [9.17, 15) is 0 Å². The van der Waals surface area contributed by atoms with E-state index in [1.54, 1.807) is 0 Å². The lowest BCUT2D eigenvalue weighted by molar-refractivity contribution is 0.0305. The molecule has 1 atom stereocenters. The van der Waals surface area contributed by atoms with Crippen molar-refractivity contribution in [1.29, 1.82) is 0 Å². The fourth-order valence-electron chi connectivity index (χ4n) is 1.51. The van der Waals surface area contributed by atoms with Gasteiger partial charge in [0.2, 0.25) is 0 Å². The second-order valence-electron chi connectivity index (χ2n) is 4.12. The van der Waals surface area contributed by atoms with Crippen molar-refractivity contribution in [3.63, 3.8) is 0 Å². The standard InChI is InChI=1S/C13H21NO/c1-11(2)13(10-14)15-9-8-12-6-4-3-5-7-12/h3-7,11,13H,8-10,14H2,1-2H3. The molecule has 2 heteroatoms. The summed E-state index contributed by atoms with van der Waals surface area (Å²) < 4.78 is 5.73. The molecule has 0 bridgehead atoms. The van der Waals surface area contributed by atoms with Gasteiger partial charge in [-0.25, -0.2) is 0 Å². The third kappa shape index (κ3) is 4.45. The van der Waals surface area contributed by atoms with Crippen LogP contribution in [0.5, 0.6) is 0 Å². The minimum Gasteiger partial charge on any atom is -0.376 e. The number of nitrogens with two attached hydrogens (primary N) is 1. The van der Waals surface area contributed by atoms with E-state index in [1.807, 2.05) is 6.07 Å². The Bertz CT molecular complexity index is 258. The highest BCUT2D eigenvalue weighted by Gasteiger charge is 2.10. The minimum absolute atomic E-state index is 0.189. The van der Waals surface area contributed by atoms with E-state index in [2.05, 4.69) is 38.1 Å². The van der Waals surface area contributed by atoms with Crippen molar-refractivity contribution in [3.8, 4) is 0 Å². The SMILES string of the molecule is CC(C)C(CN)OCCc1ccccc1. The van der Waals surface area contributed by atoms with Crippen molar-refractivity contribution in [2.24, 2.45) is 11.7 Å². The van der Waals surface area contributed by atoms with Gasteiger partial charge in [-0.1, -0.05) is 44.2 Å². The maximum absolute atomic E-state index is 5.73. The van der Waals surface area contributed by atoms with Gasteiger partial charge in [-0.15, -0.1) is 0 Å². The van der Waals surface area contributed by atoms with E-state index in [0.717, 1.165) is 13.0 Å². The number of hydrogen-bond donors (Lipinski definition) is 1. The predicted octanol–water partition coefficient (Wildman–Crippen LogP) is 2.23. The summed E-state index contributed by atoms with van der Waals surface area (Å²) in [5, 5.41) is 0. The summed E-state index contributed by atoms with van der Waals surface area (Å²) in [4.78, 5) is 0. The molecule has 1 aromatic carbocycles. The van der Waals surface area contributed by atoms with Gasteiger partial charge in [0, 0.05) is 6.54 Å². The molecule has 2 N–H and O–H groups in total. The van der Waals surface area contributed by atoms with E-state index in [-0.39, 0.29) is 6.10 Å². The zero-order valence-electron chi connectivity index (χ0n) is 9.65. The van der Waals surface area contributed by atoms with E-state index in [4.69, 9.17) is 10.5 Å². The first-order valence-corrected chi connectivity index (χ1v) is 5.59. The second-order valence-corrected chi connectivity index (χ2v) is 4.12. The first-order valence-electron chi connectivity index (χ1n) is 5.59. The van der Waals surface area contributed by atoms with E-state index in [1.165, 1.54) is 5.56 Å². The Labute approximate surface area is 92.4 Å². The second kappa shape index (κ2) is 6.59. The molecule has 0 fully saturated rings. The van der Waals surface area contributed by atoms with Crippen molar-refractivity contribution in [1.82, 2.24) is 0 Å². The first kappa shape index (κ1) is 12.2. The minimum atomic E-state index is 0.189. The molecule has 2 nitrogen and oxygen atoms in total. The fourth-order valence-corrected chi connectivity index (χ4v) is 1.51. The summed E-state index contributed by atoms with van der Waals surface area (Å²) in [7, 11) is 0. The molecule has 0 aliphatic rings. The highest BCUT2D eigenvalue weighted by molar-refractivity contribution is 5.14. The van der Waals surface area contributed by atoms with E-state index < -0.39 is 0 Å². The van der Waals surface area contributed by atoms with Gasteiger partial charge >= 0.3 is 0 Å². The van der Waals surface area contributed by atoms with Crippen LogP contribution in [-0.4, -0.2) is 19.3 Å². The van der Waals surface area contributed by atoms with Crippen LogP contribution in [0.15, 0.2) is 30.3 Å². The summed E-state index contributed by atoms with van der Waals surface area (Å²) in [6.45, 7) is 5.64. The Balaban J connectivity index is 2.27. The topological polar surface area (TPSA) is 35.2 Å². The van der Waals surface area contributed by atoms with E-state index in [0.29, 0.717) is 12.5 Å². The zero-order valence-corrected chi connectivity index (χ0v) is 9.65. The molecule has 0 radical (unpaired) electrons. The quantitative estimate of drug-likeness (QED) is 0.776. The maximum Gasteiger partial charge on any atom is 0.0720 e. The number of rotatable bonds is 6. The molecule has 84 valence electrons. The highest BCUT2D eigenvalue weighted by Crippen LogP contribution is 2.06. The lowest BCUT2D eigenvalue weighted by Gasteiger charge is -2.19. The molecule has 1 unspecified atom stereocenters. The van der Waals surface area contributed by atoms with Crippen LogP contribution in [0.3, 0.4) is 0 Å². The van der Waals surface area contributed by atoms with Crippen LogP contribution in [0.25, 0.3) is 0 Å². The molecular weight excluding hydrogens is 186 g/mol. The summed E-state index contributed by atoms with van der Waals surface area (Å²) in [5.74, 6) is 0.491. The lowest BCUT2D eigenvalue weighted by Crippen LogP contribution is -2.29. The third-order valence-corrected chi connectivity index (χ3v) is 2.54. The smallest absolute Gasteiger partial charge is 0.0720 e. The van der Waals surface area contributed by atoms with Gasteiger partial charge in [0.25, 0.3) is 0 Å². The van der Waals surface area contributed by atoms with Crippen molar-refractivity contribution in [3.05, 3.63) is 35.9 Å². The molecule has 0 aliphatic carbocycles. The van der Waals surface area contributed by atoms with Crippen LogP contribution in [0.1, 0.15) is 19.4 Å². The van der Waals surface area contributed by atoms with Crippen LogP contribution in [0, 0.1) is 5.92 Å². The third-order valence-electron chi connectivity index (χ3n) is 2.54. The van der Waals surface area contributed by atoms with Crippen LogP contribution in [0.2, 0.25) is 0 Å². The van der Waals surface area contributed by atoms with Gasteiger partial charge in [0.1, 0.15) is 0 Å². The first-order chi connectivity index (χ1) is 7.24. The predicted molar refractivity (Wildman–Crippen MR) is 63.8 cm³/mol. The Kier molecular flexibility index (Phi) is 5.37. The number of hydrogen-bond acceptors (Lipinski definition) is 2. The lowest BCUT2D eigenvalue weighted by atomic mass is 10.1. The molecule has 0 saturated heterocycles. The maximum atomic E-state index is 5.73. The van der Waals surface area contributed by atoms with Crippen molar-refractivity contribution < 1.29 is 4.74 Å². The molecule has 0 aromatic heterocycles. The normalized spacial score (nSPS) is 13.1. The van der Waals surface area contributed by atoms with Gasteiger partial charge < -0.3 is 10.5 Å². The number of ether oxygens (including phenoxy) is 1. The fraction of sp³-hybridized carbons (Fsp3) is 0.538. The van der Waals surface area contributed by atoms with Crippen molar-refractivity contribution in [2.45, 2.75) is 26.4 Å². The molecule has 15 heavy (non-hydrogen) atoms. The van der Waals surface area contributed by atoms with Gasteiger partial charge in [0.05, 0.1) is 12.7 Å². The molecular formula is C13H21NO. The molecule has 0 heterocycles. The molecule has 0 amide bonds. The van der Waals surface area contributed by atoms with Crippen LogP contribution in [0.4, 0.5) is 0 Å². The monoisotopic (exact) mass is 207 g/mol. The van der Waals surface area contributed by atoms with E-state index >= 15 is 0 Å². The summed E-state index contributed by atoms with van der Waals surface area (Å²) in [6.07, 6.45) is 1.15. The molecule has 0 saturated carbocycles. The molecule has 0 aliphatic heterocycles. The number of benzene rings is 1. The van der Waals surface area contributed by atoms with Gasteiger partial charge in [-0.05, 0) is 17.9 Å². The van der Waals surface area contributed by atoms with Crippen molar-refractivity contribution >= 4 is 0 Å². The zero-order chi connectivity index (χ0) is 11.1. The Morgan fingerprint density at radius 1 is 1.20 bits per heavy atom. The summed E-state index contributed by atoms with van der Waals surface area (Å²) in [6, 6.07) is 10.4. The van der Waals surface area contributed by atoms with Gasteiger partial charge in [-0.3, -0.25) is 0 Å². The Morgan fingerprint density at radius 3 is 2.40 bits per heavy atom. The van der Waals surface area contributed by atoms with Gasteiger partial charge in [-0.2, -0.15) is 0 Å². The van der Waals surface area contributed by atoms with Crippen molar-refractivity contribution in [2.75, 3.05) is 13.2 Å². The van der Waals surface area contributed by atoms with Crippen LogP contribution >= 0.6 is 0 Å². The van der Waals surface area contributed by atoms with Crippen LogP contribution < -0.4 is 5.73 Å². The molecule has 1 aromatic rings. The molecule has 1 rings (SSSR count). The van der Waals surface area contributed by atoms with Crippen LogP contribution in [-0.2, 0) is 11.2 Å².